The molecule has 1 N–H and O–H groups in total. The predicted molar refractivity (Wildman–Crippen MR) is 125 cm³/mol. The highest BCUT2D eigenvalue weighted by atomic mass is 79.9. The van der Waals surface area contributed by atoms with E-state index in [1.54, 1.807) is 12.0 Å². The maximum absolute atomic E-state index is 13.0. The number of aryl methyl sites for hydroxylation is 2. The van der Waals surface area contributed by atoms with Gasteiger partial charge in [-0.15, -0.1) is 0 Å². The molecule has 1 heterocycles. The Hall–Kier alpha value is -2.16. The number of benzene rings is 2. The van der Waals surface area contributed by atoms with Crippen LogP contribution in [0, 0.1) is 13.8 Å². The number of amidine groups is 1. The van der Waals surface area contributed by atoms with Crippen LogP contribution in [0.2, 0.25) is 0 Å². The van der Waals surface area contributed by atoms with Crippen LogP contribution in [-0.4, -0.2) is 47.4 Å². The van der Waals surface area contributed by atoms with Crippen LogP contribution in [-0.2, 0) is 14.3 Å². The van der Waals surface area contributed by atoms with Gasteiger partial charge in [-0.25, -0.2) is 4.99 Å². The van der Waals surface area contributed by atoms with E-state index in [9.17, 15) is 9.59 Å². The minimum atomic E-state index is -0.514. The Balaban J connectivity index is 1.77. The van der Waals surface area contributed by atoms with E-state index < -0.39 is 5.25 Å². The van der Waals surface area contributed by atoms with Crippen molar-refractivity contribution in [2.24, 2.45) is 4.99 Å². The van der Waals surface area contributed by atoms with E-state index in [1.165, 1.54) is 11.8 Å². The van der Waals surface area contributed by atoms with Gasteiger partial charge in [-0.05, 0) is 49.2 Å². The largest absolute Gasteiger partial charge is 0.383 e. The Bertz CT molecular complexity index is 942. The van der Waals surface area contributed by atoms with Crippen molar-refractivity contribution in [2.75, 3.05) is 25.6 Å². The van der Waals surface area contributed by atoms with Crippen LogP contribution in [0.5, 0.6) is 0 Å². The van der Waals surface area contributed by atoms with Gasteiger partial charge in [-0.2, -0.15) is 0 Å². The molecule has 158 valence electrons. The van der Waals surface area contributed by atoms with Crippen molar-refractivity contribution in [2.45, 2.75) is 25.5 Å². The molecule has 6 nitrogen and oxygen atoms in total. The van der Waals surface area contributed by atoms with Gasteiger partial charge in [-0.1, -0.05) is 45.9 Å². The van der Waals surface area contributed by atoms with E-state index in [0.29, 0.717) is 24.0 Å². The van der Waals surface area contributed by atoms with Crippen molar-refractivity contribution < 1.29 is 14.3 Å². The molecule has 2 aromatic carbocycles. The van der Waals surface area contributed by atoms with Crippen molar-refractivity contribution in [1.82, 2.24) is 4.90 Å². The lowest BCUT2D eigenvalue weighted by molar-refractivity contribution is -0.128. The van der Waals surface area contributed by atoms with Crippen molar-refractivity contribution in [3.8, 4) is 0 Å². The first-order valence-corrected chi connectivity index (χ1v) is 11.2. The van der Waals surface area contributed by atoms with Crippen LogP contribution < -0.4 is 5.32 Å². The van der Waals surface area contributed by atoms with Crippen molar-refractivity contribution in [1.29, 1.82) is 0 Å². The first kappa shape index (κ1) is 22.5. The van der Waals surface area contributed by atoms with Crippen LogP contribution in [0.25, 0.3) is 0 Å². The number of aliphatic imine (C=N–C) groups is 1. The summed E-state index contributed by atoms with van der Waals surface area (Å²) in [6.07, 6.45) is 0.0782. The summed E-state index contributed by atoms with van der Waals surface area (Å²) in [5, 5.41) is 2.94. The van der Waals surface area contributed by atoms with E-state index in [0.717, 1.165) is 21.3 Å². The van der Waals surface area contributed by atoms with Crippen LogP contribution in [0.1, 0.15) is 17.5 Å². The zero-order valence-electron chi connectivity index (χ0n) is 17.1. The van der Waals surface area contributed by atoms with Crippen LogP contribution >= 0.6 is 27.7 Å². The SMILES string of the molecule is COCCN1C(=O)C(CC(=O)Nc2ccc(Br)cc2)SC1=Nc1c(C)cccc1C. The van der Waals surface area contributed by atoms with Gasteiger partial charge in [0.2, 0.25) is 11.8 Å². The zero-order chi connectivity index (χ0) is 21.7. The molecule has 30 heavy (non-hydrogen) atoms. The number of hydrogen-bond donors (Lipinski definition) is 1. The molecule has 1 unspecified atom stereocenters. The molecule has 1 saturated heterocycles. The monoisotopic (exact) mass is 489 g/mol. The highest BCUT2D eigenvalue weighted by molar-refractivity contribution is 9.10. The third kappa shape index (κ3) is 5.50. The second-order valence-corrected chi connectivity index (χ2v) is 9.07. The maximum atomic E-state index is 13.0. The van der Waals surface area contributed by atoms with E-state index >= 15 is 0 Å². The first-order valence-electron chi connectivity index (χ1n) is 9.56. The molecule has 2 amide bonds. The van der Waals surface area contributed by atoms with Gasteiger partial charge in [0, 0.05) is 23.7 Å². The van der Waals surface area contributed by atoms with Gasteiger partial charge in [0.25, 0.3) is 0 Å². The fraction of sp³-hybridized carbons (Fsp3) is 0.318. The van der Waals surface area contributed by atoms with E-state index in [1.807, 2.05) is 56.3 Å². The fourth-order valence-corrected chi connectivity index (χ4v) is 4.54. The lowest BCUT2D eigenvalue weighted by Gasteiger charge is -2.16. The van der Waals surface area contributed by atoms with Crippen molar-refractivity contribution in [3.05, 3.63) is 58.1 Å². The molecular weight excluding hydrogens is 466 g/mol. The number of carbonyl (C=O) groups excluding carboxylic acids is 2. The van der Waals surface area contributed by atoms with Gasteiger partial charge in [0.1, 0.15) is 5.25 Å². The number of nitrogens with one attached hydrogen (secondary N) is 1. The van der Waals surface area contributed by atoms with Crippen LogP contribution in [0.3, 0.4) is 0 Å². The third-order valence-electron chi connectivity index (χ3n) is 4.68. The molecule has 0 radical (unpaired) electrons. The van der Waals surface area contributed by atoms with Crippen molar-refractivity contribution >= 4 is 56.0 Å². The summed E-state index contributed by atoms with van der Waals surface area (Å²) in [5.41, 5.74) is 3.63. The Morgan fingerprint density at radius 2 is 1.87 bits per heavy atom. The van der Waals surface area contributed by atoms with E-state index in [-0.39, 0.29) is 18.2 Å². The Labute approximate surface area is 189 Å². The molecular formula is C22H24BrN3O3S. The number of halogens is 1. The topological polar surface area (TPSA) is 71.0 Å². The van der Waals surface area contributed by atoms with E-state index in [2.05, 4.69) is 21.2 Å². The minimum Gasteiger partial charge on any atom is -0.383 e. The molecule has 0 aliphatic carbocycles. The molecule has 0 saturated carbocycles. The number of hydrogen-bond acceptors (Lipinski definition) is 5. The highest BCUT2D eigenvalue weighted by Gasteiger charge is 2.39. The quantitative estimate of drug-likeness (QED) is 0.613. The predicted octanol–water partition coefficient (Wildman–Crippen LogP) is 4.67. The lowest BCUT2D eigenvalue weighted by Crippen LogP contribution is -2.35. The number of nitrogens with zero attached hydrogens (tertiary/aromatic N) is 2. The lowest BCUT2D eigenvalue weighted by atomic mass is 10.1. The summed E-state index contributed by atoms with van der Waals surface area (Å²) in [4.78, 5) is 31.9. The number of methoxy groups -OCH3 is 1. The van der Waals surface area contributed by atoms with Crippen LogP contribution in [0.4, 0.5) is 11.4 Å². The summed E-state index contributed by atoms with van der Waals surface area (Å²) in [7, 11) is 1.60. The first-order chi connectivity index (χ1) is 14.4. The number of anilines is 1. The fourth-order valence-electron chi connectivity index (χ4n) is 3.10. The Morgan fingerprint density at radius 3 is 2.50 bits per heavy atom. The molecule has 2 aromatic rings. The molecule has 1 aliphatic heterocycles. The average molecular weight is 490 g/mol. The van der Waals surface area contributed by atoms with Gasteiger partial charge in [0.15, 0.2) is 5.17 Å². The van der Waals surface area contributed by atoms with Gasteiger partial charge in [0.05, 0.1) is 18.8 Å². The Morgan fingerprint density at radius 1 is 1.20 bits per heavy atom. The van der Waals surface area contributed by atoms with Crippen molar-refractivity contribution in [3.63, 3.8) is 0 Å². The van der Waals surface area contributed by atoms with E-state index in [4.69, 9.17) is 9.73 Å². The molecule has 0 spiro atoms. The molecule has 8 heteroatoms. The summed E-state index contributed by atoms with van der Waals surface area (Å²) < 4.78 is 6.10. The number of amides is 2. The molecule has 1 aliphatic rings. The number of thioether (sulfide) groups is 1. The molecule has 0 aromatic heterocycles. The number of para-hydroxylation sites is 1. The number of ether oxygens (including phenoxy) is 1. The standard InChI is InChI=1S/C22H24BrN3O3S/c1-14-5-4-6-15(2)20(14)25-22-26(11-12-29-3)21(28)18(30-22)13-19(27)24-17-9-7-16(23)8-10-17/h4-10,18H,11-13H2,1-3H3,(H,24,27). The summed E-state index contributed by atoms with van der Waals surface area (Å²) >= 11 is 4.71. The summed E-state index contributed by atoms with van der Waals surface area (Å²) in [6, 6.07) is 13.3. The molecule has 1 fully saturated rings. The average Bonchev–Trinajstić information content (AvgIpc) is 2.99. The summed E-state index contributed by atoms with van der Waals surface area (Å²) in [5.74, 6) is -0.323. The van der Waals surface area contributed by atoms with Gasteiger partial charge < -0.3 is 10.1 Å². The molecule has 1 atom stereocenters. The Kier molecular flexibility index (Phi) is 7.69. The van der Waals surface area contributed by atoms with Gasteiger partial charge in [-0.3, -0.25) is 14.5 Å². The normalized spacial score (nSPS) is 17.6. The molecule has 3 rings (SSSR count). The highest BCUT2D eigenvalue weighted by Crippen LogP contribution is 2.33. The zero-order valence-corrected chi connectivity index (χ0v) is 19.5. The maximum Gasteiger partial charge on any atom is 0.242 e. The minimum absolute atomic E-state index is 0.0782. The smallest absolute Gasteiger partial charge is 0.242 e. The second kappa shape index (κ2) is 10.2. The van der Waals surface area contributed by atoms with Gasteiger partial charge >= 0.3 is 0 Å². The number of carbonyl (C=O) groups is 2. The number of rotatable bonds is 7. The molecule has 0 bridgehead atoms. The summed E-state index contributed by atoms with van der Waals surface area (Å²) in [6.45, 7) is 4.79. The van der Waals surface area contributed by atoms with Crippen LogP contribution in [0.15, 0.2) is 51.9 Å². The third-order valence-corrected chi connectivity index (χ3v) is 6.39. The second-order valence-electron chi connectivity index (χ2n) is 6.98.